The third kappa shape index (κ3) is 3.66. The van der Waals surface area contributed by atoms with E-state index in [0.717, 1.165) is 26.2 Å². The van der Waals surface area contributed by atoms with Crippen LogP contribution in [0.3, 0.4) is 0 Å². The summed E-state index contributed by atoms with van der Waals surface area (Å²) < 4.78 is 2.85. The van der Waals surface area contributed by atoms with Gasteiger partial charge in [-0.3, -0.25) is 9.80 Å². The highest BCUT2D eigenvalue weighted by Gasteiger charge is 2.22. The molecule has 0 aliphatic carbocycles. The molecule has 2 aromatic heterocycles. The fourth-order valence-electron chi connectivity index (χ4n) is 2.36. The average Bonchev–Trinajstić information content (AvgIpc) is 3.19. The minimum atomic E-state index is -0.633. The van der Waals surface area contributed by atoms with E-state index in [1.165, 1.54) is 22.0 Å². The molecule has 0 N–H and O–H groups in total. The zero-order valence-corrected chi connectivity index (χ0v) is 12.5. The normalized spacial score (nSPS) is 16.3. The number of aromatic nitrogens is 6. The lowest BCUT2D eigenvalue weighted by Gasteiger charge is -2.33. The van der Waals surface area contributed by atoms with Gasteiger partial charge in [0.05, 0.1) is 0 Å². The Bertz CT molecular complexity index is 671. The summed E-state index contributed by atoms with van der Waals surface area (Å²) in [5.41, 5.74) is 0. The Morgan fingerprint density at radius 3 is 1.50 bits per heavy atom. The molecular formula is C10H14N10O4. The van der Waals surface area contributed by atoms with Crippen LogP contribution in [0, 0.1) is 20.2 Å². The van der Waals surface area contributed by atoms with Crippen molar-refractivity contribution >= 4 is 11.9 Å². The van der Waals surface area contributed by atoms with Gasteiger partial charge in [0.25, 0.3) is 0 Å². The van der Waals surface area contributed by atoms with Gasteiger partial charge >= 0.3 is 11.9 Å². The molecule has 0 bridgehead atoms. The number of hydrogen-bond acceptors (Lipinski definition) is 10. The van der Waals surface area contributed by atoms with E-state index in [0.29, 0.717) is 13.3 Å². The van der Waals surface area contributed by atoms with E-state index in [1.54, 1.807) is 0 Å². The first kappa shape index (κ1) is 15.9. The van der Waals surface area contributed by atoms with Crippen LogP contribution in [0.2, 0.25) is 0 Å². The molecule has 1 fully saturated rings. The fourth-order valence-corrected chi connectivity index (χ4v) is 2.36. The van der Waals surface area contributed by atoms with Crippen molar-refractivity contribution < 1.29 is 9.85 Å². The summed E-state index contributed by atoms with van der Waals surface area (Å²) in [6.45, 7) is 3.75. The lowest BCUT2D eigenvalue weighted by Crippen LogP contribution is -2.47. The number of nitrogens with zero attached hydrogens (tertiary/aromatic N) is 10. The molecule has 2 aromatic rings. The van der Waals surface area contributed by atoms with Crippen LogP contribution in [0.1, 0.15) is 0 Å². The van der Waals surface area contributed by atoms with E-state index < -0.39 is 21.7 Å². The first-order chi connectivity index (χ1) is 11.5. The van der Waals surface area contributed by atoms with Gasteiger partial charge in [-0.05, 0) is 9.85 Å². The number of hydrogen-bond donors (Lipinski definition) is 0. The van der Waals surface area contributed by atoms with Gasteiger partial charge in [0.2, 0.25) is 12.7 Å². The lowest BCUT2D eigenvalue weighted by atomic mass is 10.3. The molecule has 0 unspecified atom stereocenters. The first-order valence-corrected chi connectivity index (χ1v) is 7.03. The predicted octanol–water partition coefficient (Wildman–Crippen LogP) is -1.08. The van der Waals surface area contributed by atoms with Gasteiger partial charge < -0.3 is 20.2 Å². The van der Waals surface area contributed by atoms with Crippen LogP contribution in [0.5, 0.6) is 0 Å². The molecule has 0 atom stereocenters. The second-order valence-electron chi connectivity index (χ2n) is 5.20. The van der Waals surface area contributed by atoms with Gasteiger partial charge in [0, 0.05) is 36.4 Å². The van der Waals surface area contributed by atoms with Crippen LogP contribution in [-0.4, -0.2) is 75.4 Å². The topological polar surface area (TPSA) is 154 Å². The third-order valence-corrected chi connectivity index (χ3v) is 3.53. The highest BCUT2D eigenvalue weighted by molar-refractivity contribution is 4.97. The van der Waals surface area contributed by atoms with Gasteiger partial charge in [-0.15, -0.1) is 0 Å². The molecule has 3 rings (SSSR count). The van der Waals surface area contributed by atoms with Crippen molar-refractivity contribution in [2.24, 2.45) is 0 Å². The van der Waals surface area contributed by atoms with Crippen molar-refractivity contribution in [2.75, 3.05) is 26.2 Å². The summed E-state index contributed by atoms with van der Waals surface area (Å²) in [4.78, 5) is 31.2. The molecule has 14 nitrogen and oxygen atoms in total. The minimum absolute atomic E-state index is 0.415. The van der Waals surface area contributed by atoms with Crippen molar-refractivity contribution in [1.29, 1.82) is 0 Å². The summed E-state index contributed by atoms with van der Waals surface area (Å²) in [5, 5.41) is 28.7. The van der Waals surface area contributed by atoms with Crippen LogP contribution in [0.25, 0.3) is 0 Å². The molecule has 14 heteroatoms. The average molecular weight is 338 g/mol. The Hall–Kier alpha value is -3.00. The fraction of sp³-hybridized carbons (Fsp3) is 0.600. The van der Waals surface area contributed by atoms with E-state index in [-0.39, 0.29) is 0 Å². The van der Waals surface area contributed by atoms with Gasteiger partial charge in [-0.25, -0.2) is 0 Å². The summed E-state index contributed by atoms with van der Waals surface area (Å²) in [5.74, 6) is -0.831. The monoisotopic (exact) mass is 338 g/mol. The molecule has 0 amide bonds. The zero-order valence-electron chi connectivity index (χ0n) is 12.5. The Kier molecular flexibility index (Phi) is 4.39. The maximum Gasteiger partial charge on any atom is 0.490 e. The third-order valence-electron chi connectivity index (χ3n) is 3.53. The Balaban J connectivity index is 1.48. The quantitative estimate of drug-likeness (QED) is 0.469. The summed E-state index contributed by atoms with van der Waals surface area (Å²) in [7, 11) is 0. The zero-order chi connectivity index (χ0) is 17.1. The Morgan fingerprint density at radius 2 is 1.21 bits per heavy atom. The van der Waals surface area contributed by atoms with Crippen molar-refractivity contribution in [3.63, 3.8) is 0 Å². The van der Waals surface area contributed by atoms with E-state index in [1.807, 2.05) is 0 Å². The minimum Gasteiger partial charge on any atom is -0.390 e. The second kappa shape index (κ2) is 6.63. The SMILES string of the molecule is O=[N+]([O-])c1ncn(CN2CCN(Cn3cnc([N+](=O)[O-])n3)CC2)n1. The number of nitro groups is 2. The van der Waals surface area contributed by atoms with Crippen LogP contribution in [0.15, 0.2) is 12.7 Å². The molecule has 3 heterocycles. The summed E-state index contributed by atoms with van der Waals surface area (Å²) in [6.07, 6.45) is 2.66. The Labute approximate surface area is 134 Å². The molecule has 0 radical (unpaired) electrons. The molecule has 0 saturated carbocycles. The first-order valence-electron chi connectivity index (χ1n) is 7.03. The molecule has 1 aliphatic heterocycles. The van der Waals surface area contributed by atoms with E-state index in [2.05, 4.69) is 30.0 Å². The molecule has 128 valence electrons. The van der Waals surface area contributed by atoms with E-state index in [4.69, 9.17) is 0 Å². The maximum atomic E-state index is 10.6. The van der Waals surface area contributed by atoms with Crippen LogP contribution < -0.4 is 0 Å². The largest absolute Gasteiger partial charge is 0.490 e. The standard InChI is InChI=1S/C10H14N10O4/c21-19(22)9-11-5-17(13-9)7-15-1-2-16(4-3-15)8-18-6-12-10(14-18)20(23)24/h5-6H,1-4,7-8H2. The molecule has 1 aliphatic rings. The van der Waals surface area contributed by atoms with Crippen molar-refractivity contribution in [3.8, 4) is 0 Å². The highest BCUT2D eigenvalue weighted by atomic mass is 16.6. The molecule has 24 heavy (non-hydrogen) atoms. The summed E-state index contributed by atoms with van der Waals surface area (Å²) >= 11 is 0. The second-order valence-corrected chi connectivity index (χ2v) is 5.20. The van der Waals surface area contributed by atoms with Crippen molar-refractivity contribution in [2.45, 2.75) is 13.3 Å². The molecule has 0 aromatic carbocycles. The van der Waals surface area contributed by atoms with Gasteiger partial charge in [0.15, 0.2) is 0 Å². The molecular weight excluding hydrogens is 324 g/mol. The van der Waals surface area contributed by atoms with E-state index in [9.17, 15) is 20.2 Å². The van der Waals surface area contributed by atoms with E-state index >= 15 is 0 Å². The predicted molar refractivity (Wildman–Crippen MR) is 76.5 cm³/mol. The Morgan fingerprint density at radius 1 is 0.833 bits per heavy atom. The maximum absolute atomic E-state index is 10.6. The number of piperazine rings is 1. The van der Waals surface area contributed by atoms with Crippen LogP contribution in [-0.2, 0) is 13.3 Å². The lowest BCUT2D eigenvalue weighted by molar-refractivity contribution is -0.394. The van der Waals surface area contributed by atoms with Crippen molar-refractivity contribution in [3.05, 3.63) is 32.9 Å². The molecule has 1 saturated heterocycles. The van der Waals surface area contributed by atoms with Crippen LogP contribution in [0.4, 0.5) is 11.9 Å². The summed E-state index contributed by atoms with van der Waals surface area (Å²) in [6, 6.07) is 0. The van der Waals surface area contributed by atoms with Gasteiger partial charge in [0.1, 0.15) is 13.3 Å². The van der Waals surface area contributed by atoms with Gasteiger partial charge in [-0.1, -0.05) is 9.97 Å². The molecule has 0 spiro atoms. The van der Waals surface area contributed by atoms with Crippen molar-refractivity contribution in [1.82, 2.24) is 39.3 Å². The van der Waals surface area contributed by atoms with Crippen LogP contribution >= 0.6 is 0 Å². The number of rotatable bonds is 6. The van der Waals surface area contributed by atoms with Gasteiger partial charge in [-0.2, -0.15) is 9.36 Å². The smallest absolute Gasteiger partial charge is 0.390 e. The highest BCUT2D eigenvalue weighted by Crippen LogP contribution is 2.07.